The fourth-order valence-corrected chi connectivity index (χ4v) is 6.67. The van der Waals surface area contributed by atoms with E-state index in [1.807, 2.05) is 0 Å². The maximum atomic E-state index is 12.0. The van der Waals surface area contributed by atoms with Gasteiger partial charge >= 0.3 is 7.82 Å². The molecule has 0 rings (SSSR count). The van der Waals surface area contributed by atoms with Gasteiger partial charge < -0.3 is 9.79 Å². The van der Waals surface area contributed by atoms with Gasteiger partial charge in [0, 0.05) is 0 Å². The molecule has 0 aliphatic heterocycles. The third kappa shape index (κ3) is 34.8. The van der Waals surface area contributed by atoms with Crippen molar-refractivity contribution < 1.29 is 18.5 Å². The van der Waals surface area contributed by atoms with Crippen molar-refractivity contribution in [1.82, 2.24) is 4.90 Å². The second-order valence-corrected chi connectivity index (χ2v) is 14.6. The summed E-state index contributed by atoms with van der Waals surface area (Å²) in [6, 6.07) is 0. The molecule has 6 heteroatoms. The lowest BCUT2D eigenvalue weighted by molar-refractivity contribution is 0.145. The minimum absolute atomic E-state index is 0.312. The van der Waals surface area contributed by atoms with Crippen molar-refractivity contribution in [2.45, 2.75) is 207 Å². The van der Waals surface area contributed by atoms with Crippen LogP contribution in [-0.4, -0.2) is 42.6 Å². The van der Waals surface area contributed by atoms with Crippen molar-refractivity contribution in [3.63, 3.8) is 0 Å². The van der Waals surface area contributed by atoms with Crippen molar-refractivity contribution in [2.24, 2.45) is 0 Å². The molecule has 0 aromatic carbocycles. The molecule has 0 aromatic heterocycles. The number of unbranched alkanes of at least 4 members (excludes halogenated alkanes) is 25. The second-order valence-electron chi connectivity index (χ2n) is 13.2. The van der Waals surface area contributed by atoms with E-state index in [0.29, 0.717) is 13.2 Å². The summed E-state index contributed by atoms with van der Waals surface area (Å²) in [6.07, 6.45) is 37.6. The Morgan fingerprint density at radius 3 is 0.907 bits per heavy atom. The molecule has 0 fully saturated rings. The highest BCUT2D eigenvalue weighted by molar-refractivity contribution is 7.47. The van der Waals surface area contributed by atoms with Crippen LogP contribution in [0.1, 0.15) is 207 Å². The molecule has 0 heterocycles. The Bertz CT molecular complexity index is 555. The average molecular weight is 632 g/mol. The molecule has 0 bridgehead atoms. The molecule has 1 atom stereocenters. The van der Waals surface area contributed by atoms with E-state index < -0.39 is 7.82 Å². The zero-order valence-corrected chi connectivity index (χ0v) is 30.5. The van der Waals surface area contributed by atoms with Crippen molar-refractivity contribution in [1.29, 1.82) is 0 Å². The van der Waals surface area contributed by atoms with E-state index in [1.54, 1.807) is 0 Å². The first-order chi connectivity index (χ1) is 21.1. The van der Waals surface area contributed by atoms with E-state index >= 15 is 0 Å². The number of rotatable bonds is 37. The topological polar surface area (TPSA) is 59.0 Å². The maximum absolute atomic E-state index is 12.0. The van der Waals surface area contributed by atoms with Crippen LogP contribution in [0.25, 0.3) is 0 Å². The average Bonchev–Trinajstić information content (AvgIpc) is 2.99. The Kier molecular flexibility index (Phi) is 35.0. The van der Waals surface area contributed by atoms with Crippen molar-refractivity contribution in [3.05, 3.63) is 0 Å². The monoisotopic (exact) mass is 632 g/mol. The van der Waals surface area contributed by atoms with Crippen molar-refractivity contribution >= 4 is 7.82 Å². The van der Waals surface area contributed by atoms with Gasteiger partial charge in [0.25, 0.3) is 0 Å². The van der Waals surface area contributed by atoms with Crippen LogP contribution in [0.5, 0.6) is 0 Å². The van der Waals surface area contributed by atoms with Crippen LogP contribution in [0.4, 0.5) is 0 Å². The van der Waals surface area contributed by atoms with E-state index in [1.165, 1.54) is 174 Å². The summed E-state index contributed by atoms with van der Waals surface area (Å²) in [4.78, 5) is 12.6. The highest BCUT2D eigenvalue weighted by Gasteiger charge is 2.19. The summed E-state index contributed by atoms with van der Waals surface area (Å²) in [5.41, 5.74) is 0. The van der Waals surface area contributed by atoms with E-state index in [4.69, 9.17) is 9.05 Å². The highest BCUT2D eigenvalue weighted by Crippen LogP contribution is 2.43. The summed E-state index contributed by atoms with van der Waals surface area (Å²) < 4.78 is 22.3. The van der Waals surface area contributed by atoms with Gasteiger partial charge in [0.2, 0.25) is 0 Å². The maximum Gasteiger partial charge on any atom is 0.472 e. The summed E-state index contributed by atoms with van der Waals surface area (Å²) in [6.45, 7) is 11.2. The van der Waals surface area contributed by atoms with Gasteiger partial charge in [-0.2, -0.15) is 0 Å². The smallest absolute Gasteiger partial charge is 0.303 e. The van der Waals surface area contributed by atoms with Crippen molar-refractivity contribution in [3.8, 4) is 0 Å². The van der Waals surface area contributed by atoms with Gasteiger partial charge in [0.15, 0.2) is 0 Å². The number of nitrogens with zero attached hydrogens (tertiary/aromatic N) is 1. The normalized spacial score (nSPS) is 13.2. The first-order valence-corrected chi connectivity index (χ1v) is 20.9. The minimum Gasteiger partial charge on any atom is -0.303 e. The standard InChI is InChI=1S/C37H78NO4P/c1-4-7-10-13-15-17-19-23-28-33-38(34-29-24-20-18-16-14-11-8-5-2)35-30-25-21-22-27-32-37-42-43(39,40)41-36-31-26-12-9-6-3/h4-37H2,1-3H3,(H,39,40). The van der Waals surface area contributed by atoms with E-state index in [9.17, 15) is 9.46 Å². The molecule has 0 spiro atoms. The molecule has 0 amide bonds. The molecule has 0 aliphatic rings. The van der Waals surface area contributed by atoms with Gasteiger partial charge in [-0.1, -0.05) is 175 Å². The Labute approximate surface area is 270 Å². The summed E-state index contributed by atoms with van der Waals surface area (Å²) >= 11 is 0. The fraction of sp³-hybridized carbons (Fsp3) is 1.00. The predicted molar refractivity (Wildman–Crippen MR) is 189 cm³/mol. The molecule has 0 aliphatic carbocycles. The lowest BCUT2D eigenvalue weighted by Gasteiger charge is -2.22. The molecule has 0 saturated carbocycles. The highest BCUT2D eigenvalue weighted by atomic mass is 31.2. The number of hydrogen-bond acceptors (Lipinski definition) is 4. The lowest BCUT2D eigenvalue weighted by Crippen LogP contribution is -2.27. The SMILES string of the molecule is CCCCCCCCCCCN(CCCCCCCCCCC)CCCCCCCCOP(=O)(O)OCCCCCCC. The lowest BCUT2D eigenvalue weighted by atomic mass is 10.1. The fourth-order valence-electron chi connectivity index (χ4n) is 5.87. The van der Waals surface area contributed by atoms with Crippen LogP contribution >= 0.6 is 7.82 Å². The molecule has 260 valence electrons. The van der Waals surface area contributed by atoms with Gasteiger partial charge in [0.05, 0.1) is 13.2 Å². The van der Waals surface area contributed by atoms with Crippen LogP contribution in [0, 0.1) is 0 Å². The van der Waals surface area contributed by atoms with Gasteiger partial charge in [0.1, 0.15) is 0 Å². The molecule has 1 N–H and O–H groups in total. The van der Waals surface area contributed by atoms with Crippen LogP contribution in [0.2, 0.25) is 0 Å². The molecule has 0 aromatic rings. The van der Waals surface area contributed by atoms with E-state index in [2.05, 4.69) is 25.7 Å². The van der Waals surface area contributed by atoms with Crippen LogP contribution in [0.15, 0.2) is 0 Å². The number of hydrogen-bond donors (Lipinski definition) is 1. The Balaban J connectivity index is 3.97. The molecule has 1 unspecified atom stereocenters. The molecule has 0 saturated heterocycles. The molecule has 43 heavy (non-hydrogen) atoms. The van der Waals surface area contributed by atoms with Gasteiger partial charge in [-0.15, -0.1) is 0 Å². The van der Waals surface area contributed by atoms with Crippen molar-refractivity contribution in [2.75, 3.05) is 32.8 Å². The predicted octanol–water partition coefficient (Wildman–Crippen LogP) is 12.8. The molecular formula is C37H78NO4P. The first kappa shape index (κ1) is 43.1. The Morgan fingerprint density at radius 1 is 0.395 bits per heavy atom. The molecular weight excluding hydrogens is 553 g/mol. The zero-order valence-electron chi connectivity index (χ0n) is 29.6. The van der Waals surface area contributed by atoms with E-state index in [-0.39, 0.29) is 0 Å². The number of phosphoric ester groups is 1. The van der Waals surface area contributed by atoms with E-state index in [0.717, 1.165) is 32.1 Å². The third-order valence-electron chi connectivity index (χ3n) is 8.78. The minimum atomic E-state index is -3.88. The second kappa shape index (κ2) is 34.9. The zero-order chi connectivity index (χ0) is 31.5. The third-order valence-corrected chi connectivity index (χ3v) is 9.80. The van der Waals surface area contributed by atoms with Crippen LogP contribution in [-0.2, 0) is 13.6 Å². The van der Waals surface area contributed by atoms with Gasteiger partial charge in [-0.3, -0.25) is 9.05 Å². The first-order valence-electron chi connectivity index (χ1n) is 19.4. The summed E-state index contributed by atoms with van der Waals surface area (Å²) in [7, 11) is -3.88. The van der Waals surface area contributed by atoms with Gasteiger partial charge in [-0.25, -0.2) is 4.57 Å². The Morgan fingerprint density at radius 2 is 0.628 bits per heavy atom. The number of phosphoric acid groups is 1. The van der Waals surface area contributed by atoms with Crippen LogP contribution < -0.4 is 0 Å². The summed E-state index contributed by atoms with van der Waals surface area (Å²) in [5, 5.41) is 0. The molecule has 5 nitrogen and oxygen atoms in total. The molecule has 0 radical (unpaired) electrons. The van der Waals surface area contributed by atoms with Crippen LogP contribution in [0.3, 0.4) is 0 Å². The Hall–Kier alpha value is 0.0700. The quantitative estimate of drug-likeness (QED) is 0.0546. The van der Waals surface area contributed by atoms with Gasteiger partial charge in [-0.05, 0) is 51.7 Å². The summed E-state index contributed by atoms with van der Waals surface area (Å²) in [5.74, 6) is 0. The largest absolute Gasteiger partial charge is 0.472 e.